The summed E-state index contributed by atoms with van der Waals surface area (Å²) in [5, 5.41) is 0. The Kier molecular flexibility index (Phi) is 9.97. The van der Waals surface area contributed by atoms with Gasteiger partial charge in [0.2, 0.25) is 0 Å². The molecular formula is C12H25ClO. The van der Waals surface area contributed by atoms with Crippen LogP contribution < -0.4 is 0 Å². The summed E-state index contributed by atoms with van der Waals surface area (Å²) in [7, 11) is 0. The highest BCUT2D eigenvalue weighted by Crippen LogP contribution is 2.15. The van der Waals surface area contributed by atoms with Crippen molar-refractivity contribution < 1.29 is 4.74 Å². The van der Waals surface area contributed by atoms with E-state index in [1.807, 2.05) is 0 Å². The molecule has 0 fully saturated rings. The normalized spacial score (nSPS) is 15.4. The first kappa shape index (κ1) is 14.2. The largest absolute Gasteiger partial charge is 0.362 e. The average molecular weight is 221 g/mol. The molecule has 0 spiro atoms. The molecule has 0 saturated carbocycles. The van der Waals surface area contributed by atoms with Crippen LogP contribution >= 0.6 is 11.6 Å². The van der Waals surface area contributed by atoms with Crippen molar-refractivity contribution in [1.82, 2.24) is 0 Å². The molecule has 0 aromatic heterocycles. The Balaban J connectivity index is 3.18. The second-order valence-electron chi connectivity index (χ2n) is 4.02. The lowest BCUT2D eigenvalue weighted by Gasteiger charge is -2.16. The van der Waals surface area contributed by atoms with Crippen LogP contribution in [0, 0.1) is 5.92 Å². The molecule has 0 aromatic rings. The minimum Gasteiger partial charge on any atom is -0.362 e. The highest BCUT2D eigenvalue weighted by atomic mass is 35.5. The van der Waals surface area contributed by atoms with E-state index in [0.29, 0.717) is 5.92 Å². The van der Waals surface area contributed by atoms with Crippen molar-refractivity contribution in [3.8, 4) is 0 Å². The van der Waals surface area contributed by atoms with Gasteiger partial charge in [0.25, 0.3) is 0 Å². The van der Waals surface area contributed by atoms with Crippen molar-refractivity contribution in [2.24, 2.45) is 5.92 Å². The van der Waals surface area contributed by atoms with Crippen molar-refractivity contribution in [1.29, 1.82) is 0 Å². The maximum absolute atomic E-state index is 6.05. The van der Waals surface area contributed by atoms with Gasteiger partial charge in [-0.1, -0.05) is 58.1 Å². The standard InChI is InChI=1S/C12H25ClO/c1-4-6-7-8-9-10-14-12(13)11(3)5-2/h11-12H,4-10H2,1-3H3. The topological polar surface area (TPSA) is 9.23 Å². The fourth-order valence-electron chi connectivity index (χ4n) is 1.25. The summed E-state index contributed by atoms with van der Waals surface area (Å²) in [5.41, 5.74) is -0.0915. The van der Waals surface area contributed by atoms with Gasteiger partial charge in [0, 0.05) is 6.61 Å². The third-order valence-electron chi connectivity index (χ3n) is 2.62. The summed E-state index contributed by atoms with van der Waals surface area (Å²) in [6, 6.07) is 0. The first-order chi connectivity index (χ1) is 6.72. The predicted octanol–water partition coefficient (Wildman–Crippen LogP) is 4.58. The molecule has 2 unspecified atom stereocenters. The van der Waals surface area contributed by atoms with E-state index >= 15 is 0 Å². The maximum Gasteiger partial charge on any atom is 0.133 e. The SMILES string of the molecule is CCCCCCCOC(Cl)C(C)CC. The lowest BCUT2D eigenvalue weighted by Crippen LogP contribution is -2.15. The molecule has 0 amide bonds. The molecule has 0 heterocycles. The summed E-state index contributed by atoms with van der Waals surface area (Å²) in [4.78, 5) is 0. The number of unbranched alkanes of at least 4 members (excludes halogenated alkanes) is 4. The molecule has 2 atom stereocenters. The Labute approximate surface area is 94.2 Å². The highest BCUT2D eigenvalue weighted by Gasteiger charge is 2.11. The van der Waals surface area contributed by atoms with Crippen LogP contribution in [0.15, 0.2) is 0 Å². The Hall–Kier alpha value is 0.250. The fraction of sp³-hybridized carbons (Fsp3) is 1.00. The van der Waals surface area contributed by atoms with Crippen LogP contribution in [0.3, 0.4) is 0 Å². The van der Waals surface area contributed by atoms with Gasteiger partial charge in [0.15, 0.2) is 0 Å². The van der Waals surface area contributed by atoms with E-state index in [1.54, 1.807) is 0 Å². The Bertz CT molecular complexity index is 117. The highest BCUT2D eigenvalue weighted by molar-refractivity contribution is 6.19. The molecule has 0 aliphatic rings. The molecule has 0 N–H and O–H groups in total. The van der Waals surface area contributed by atoms with Crippen molar-refractivity contribution in [3.05, 3.63) is 0 Å². The molecule has 0 aliphatic heterocycles. The van der Waals surface area contributed by atoms with Crippen LogP contribution in [0.5, 0.6) is 0 Å². The van der Waals surface area contributed by atoms with E-state index in [1.165, 1.54) is 25.7 Å². The Morgan fingerprint density at radius 2 is 1.71 bits per heavy atom. The molecule has 86 valence electrons. The smallest absolute Gasteiger partial charge is 0.133 e. The average Bonchev–Trinajstić information content (AvgIpc) is 2.21. The molecule has 0 rings (SSSR count). The monoisotopic (exact) mass is 220 g/mol. The summed E-state index contributed by atoms with van der Waals surface area (Å²) >= 11 is 6.05. The van der Waals surface area contributed by atoms with Gasteiger partial charge in [0.1, 0.15) is 5.56 Å². The number of hydrogen-bond acceptors (Lipinski definition) is 1. The van der Waals surface area contributed by atoms with Crippen LogP contribution in [0.4, 0.5) is 0 Å². The number of hydrogen-bond donors (Lipinski definition) is 0. The van der Waals surface area contributed by atoms with Crippen LogP contribution in [-0.2, 0) is 4.74 Å². The van der Waals surface area contributed by atoms with Crippen LogP contribution in [0.2, 0.25) is 0 Å². The first-order valence-corrected chi connectivity index (χ1v) is 6.41. The predicted molar refractivity (Wildman–Crippen MR) is 63.8 cm³/mol. The van der Waals surface area contributed by atoms with Crippen molar-refractivity contribution in [2.75, 3.05) is 6.61 Å². The van der Waals surface area contributed by atoms with E-state index in [-0.39, 0.29) is 5.56 Å². The minimum absolute atomic E-state index is 0.0915. The lowest BCUT2D eigenvalue weighted by molar-refractivity contribution is 0.0691. The van der Waals surface area contributed by atoms with Gasteiger partial charge < -0.3 is 4.74 Å². The summed E-state index contributed by atoms with van der Waals surface area (Å²) in [5.74, 6) is 0.465. The Morgan fingerprint density at radius 3 is 2.29 bits per heavy atom. The lowest BCUT2D eigenvalue weighted by atomic mass is 10.1. The molecule has 14 heavy (non-hydrogen) atoms. The maximum atomic E-state index is 6.05. The molecule has 0 radical (unpaired) electrons. The molecule has 0 aromatic carbocycles. The molecule has 2 heteroatoms. The van der Waals surface area contributed by atoms with Gasteiger partial charge in [0.05, 0.1) is 0 Å². The van der Waals surface area contributed by atoms with Crippen molar-refractivity contribution in [3.63, 3.8) is 0 Å². The molecule has 1 nitrogen and oxygen atoms in total. The number of alkyl halides is 1. The molecule has 0 bridgehead atoms. The third-order valence-corrected chi connectivity index (χ3v) is 3.17. The second kappa shape index (κ2) is 9.79. The van der Waals surface area contributed by atoms with Gasteiger partial charge in [-0.2, -0.15) is 0 Å². The fourth-order valence-corrected chi connectivity index (χ4v) is 1.52. The van der Waals surface area contributed by atoms with Crippen LogP contribution in [-0.4, -0.2) is 12.2 Å². The Morgan fingerprint density at radius 1 is 1.07 bits per heavy atom. The summed E-state index contributed by atoms with van der Waals surface area (Å²) in [6.07, 6.45) is 7.49. The van der Waals surface area contributed by atoms with E-state index in [4.69, 9.17) is 16.3 Å². The van der Waals surface area contributed by atoms with Crippen LogP contribution in [0.1, 0.15) is 59.3 Å². The van der Waals surface area contributed by atoms with E-state index in [2.05, 4.69) is 20.8 Å². The van der Waals surface area contributed by atoms with Gasteiger partial charge in [-0.15, -0.1) is 0 Å². The quantitative estimate of drug-likeness (QED) is 0.408. The third kappa shape index (κ3) is 7.64. The number of rotatable bonds is 9. The van der Waals surface area contributed by atoms with E-state index < -0.39 is 0 Å². The molecular weight excluding hydrogens is 196 g/mol. The van der Waals surface area contributed by atoms with E-state index in [0.717, 1.165) is 19.4 Å². The van der Waals surface area contributed by atoms with E-state index in [9.17, 15) is 0 Å². The van der Waals surface area contributed by atoms with Crippen molar-refractivity contribution in [2.45, 2.75) is 64.9 Å². The van der Waals surface area contributed by atoms with Gasteiger partial charge in [-0.25, -0.2) is 0 Å². The van der Waals surface area contributed by atoms with Crippen molar-refractivity contribution >= 4 is 11.6 Å². The van der Waals surface area contributed by atoms with Crippen LogP contribution in [0.25, 0.3) is 0 Å². The summed E-state index contributed by atoms with van der Waals surface area (Å²) in [6.45, 7) is 7.33. The zero-order chi connectivity index (χ0) is 10.8. The van der Waals surface area contributed by atoms with Gasteiger partial charge in [-0.05, 0) is 18.8 Å². The van der Waals surface area contributed by atoms with Gasteiger partial charge in [-0.3, -0.25) is 0 Å². The zero-order valence-corrected chi connectivity index (χ0v) is 10.6. The number of ether oxygens (including phenoxy) is 1. The van der Waals surface area contributed by atoms with Gasteiger partial charge >= 0.3 is 0 Å². The number of halogens is 1. The zero-order valence-electron chi connectivity index (χ0n) is 9.89. The minimum atomic E-state index is -0.0915. The molecule has 0 saturated heterocycles. The second-order valence-corrected chi connectivity index (χ2v) is 4.45. The summed E-state index contributed by atoms with van der Waals surface area (Å²) < 4.78 is 5.54. The molecule has 0 aliphatic carbocycles. The first-order valence-electron chi connectivity index (χ1n) is 5.98.